The Kier molecular flexibility index (Phi) is 3.77. The topological polar surface area (TPSA) is 72.9 Å². The molecule has 0 aromatic carbocycles. The van der Waals surface area contributed by atoms with E-state index in [-0.39, 0.29) is 11.1 Å². The molecule has 2 rings (SSSR count). The second-order valence-corrected chi connectivity index (χ2v) is 6.31. The van der Waals surface area contributed by atoms with E-state index >= 15 is 0 Å². The average molecular weight is 315 g/mol. The van der Waals surface area contributed by atoms with E-state index in [1.807, 2.05) is 13.8 Å². The lowest BCUT2D eigenvalue weighted by Gasteiger charge is -2.26. The molecule has 0 spiro atoms. The second-order valence-electron chi connectivity index (χ2n) is 5.52. The quantitative estimate of drug-likeness (QED) is 0.865. The first-order chi connectivity index (χ1) is 8.43. The molecule has 1 aliphatic rings. The molecule has 0 saturated heterocycles. The lowest BCUT2D eigenvalue weighted by molar-refractivity contribution is 0.528. The maximum absolute atomic E-state index is 12.1. The molecule has 0 bridgehead atoms. The molecular weight excluding hydrogens is 296 g/mol. The third-order valence-corrected chi connectivity index (χ3v) is 3.86. The van der Waals surface area contributed by atoms with E-state index in [4.69, 9.17) is 5.73 Å². The van der Waals surface area contributed by atoms with Gasteiger partial charge in [0.25, 0.3) is 5.56 Å². The predicted molar refractivity (Wildman–Crippen MR) is 75.7 cm³/mol. The zero-order chi connectivity index (χ0) is 13.3. The van der Waals surface area contributed by atoms with Gasteiger partial charge < -0.3 is 11.1 Å². The highest BCUT2D eigenvalue weighted by atomic mass is 79.9. The van der Waals surface area contributed by atoms with E-state index in [0.29, 0.717) is 22.6 Å². The van der Waals surface area contributed by atoms with Gasteiger partial charge in [-0.05, 0) is 48.5 Å². The molecule has 1 aromatic rings. The van der Waals surface area contributed by atoms with Gasteiger partial charge in [0.2, 0.25) is 0 Å². The summed E-state index contributed by atoms with van der Waals surface area (Å²) in [5, 5.41) is 7.43. The lowest BCUT2D eigenvalue weighted by Crippen LogP contribution is -2.40. The van der Waals surface area contributed by atoms with Gasteiger partial charge in [0.05, 0.1) is 11.9 Å². The second kappa shape index (κ2) is 5.01. The smallest absolute Gasteiger partial charge is 0.283 e. The van der Waals surface area contributed by atoms with Crippen molar-refractivity contribution in [1.82, 2.24) is 9.78 Å². The Bertz CT molecular complexity index is 493. The van der Waals surface area contributed by atoms with Gasteiger partial charge in [-0.25, -0.2) is 4.68 Å². The molecule has 0 unspecified atom stereocenters. The largest absolute Gasteiger partial charge is 0.377 e. The first-order valence-electron chi connectivity index (χ1n) is 6.17. The molecule has 100 valence electrons. The first-order valence-corrected chi connectivity index (χ1v) is 6.96. The molecule has 1 aliphatic carbocycles. The monoisotopic (exact) mass is 314 g/mol. The van der Waals surface area contributed by atoms with Gasteiger partial charge in [-0.1, -0.05) is 0 Å². The average Bonchev–Trinajstić information content (AvgIpc) is 3.13. The Labute approximate surface area is 115 Å². The van der Waals surface area contributed by atoms with Gasteiger partial charge in [0.15, 0.2) is 0 Å². The van der Waals surface area contributed by atoms with E-state index in [2.05, 4.69) is 26.3 Å². The van der Waals surface area contributed by atoms with Crippen molar-refractivity contribution in [2.24, 2.45) is 11.7 Å². The van der Waals surface area contributed by atoms with Crippen LogP contribution in [0.4, 0.5) is 5.69 Å². The van der Waals surface area contributed by atoms with Gasteiger partial charge in [0, 0.05) is 18.6 Å². The van der Waals surface area contributed by atoms with Crippen LogP contribution in [0.5, 0.6) is 0 Å². The van der Waals surface area contributed by atoms with Crippen molar-refractivity contribution >= 4 is 21.6 Å². The maximum Gasteiger partial charge on any atom is 0.283 e. The van der Waals surface area contributed by atoms with Crippen molar-refractivity contribution in [3.05, 3.63) is 21.0 Å². The van der Waals surface area contributed by atoms with Crippen molar-refractivity contribution in [2.45, 2.75) is 38.8 Å². The Balaban J connectivity index is 2.22. The van der Waals surface area contributed by atoms with Gasteiger partial charge in [-0.3, -0.25) is 4.79 Å². The van der Waals surface area contributed by atoms with Crippen molar-refractivity contribution in [3.8, 4) is 0 Å². The van der Waals surface area contributed by atoms with Crippen LogP contribution in [-0.4, -0.2) is 21.9 Å². The highest BCUT2D eigenvalue weighted by molar-refractivity contribution is 9.10. The minimum atomic E-state index is -0.265. The zero-order valence-electron chi connectivity index (χ0n) is 10.7. The first kappa shape index (κ1) is 13.5. The predicted octanol–water partition coefficient (Wildman–Crippen LogP) is 1.56. The maximum atomic E-state index is 12.1. The fourth-order valence-corrected chi connectivity index (χ4v) is 2.05. The molecule has 1 fully saturated rings. The van der Waals surface area contributed by atoms with E-state index in [1.54, 1.807) is 6.20 Å². The number of nitrogens with two attached hydrogens (primary N) is 1. The summed E-state index contributed by atoms with van der Waals surface area (Å²) in [6.07, 6.45) is 4.09. The summed E-state index contributed by atoms with van der Waals surface area (Å²) in [6.45, 7) is 5.16. The minimum absolute atomic E-state index is 0.0836. The fraction of sp³-hybridized carbons (Fsp3) is 0.667. The van der Waals surface area contributed by atoms with Crippen LogP contribution in [0, 0.1) is 5.92 Å². The number of rotatable bonds is 5. The summed E-state index contributed by atoms with van der Waals surface area (Å²) in [6, 6.07) is 0. The molecule has 0 radical (unpaired) electrons. The Morgan fingerprint density at radius 3 is 2.83 bits per heavy atom. The highest BCUT2D eigenvalue weighted by Gasteiger charge is 2.24. The summed E-state index contributed by atoms with van der Waals surface area (Å²) in [7, 11) is 0. The SMILES string of the molecule is CC(C)(CN)Nc1cnn(CC2CC2)c(=O)c1Br. The standard InChI is InChI=1S/C12H19BrN4O/c1-12(2,7-14)16-9-5-15-17(6-8-3-4-8)11(18)10(9)13/h5,8,16H,3-4,6-7,14H2,1-2H3. The normalized spacial score (nSPS) is 15.8. The molecule has 3 N–H and O–H groups in total. The zero-order valence-corrected chi connectivity index (χ0v) is 12.3. The summed E-state index contributed by atoms with van der Waals surface area (Å²) < 4.78 is 2.06. The van der Waals surface area contributed by atoms with Crippen LogP contribution in [0.25, 0.3) is 0 Å². The molecular formula is C12H19BrN4O. The van der Waals surface area contributed by atoms with E-state index in [1.165, 1.54) is 17.5 Å². The number of anilines is 1. The molecule has 6 heteroatoms. The summed E-state index contributed by atoms with van der Waals surface area (Å²) in [5.41, 5.74) is 6.01. The minimum Gasteiger partial charge on any atom is -0.377 e. The van der Waals surface area contributed by atoms with E-state index in [9.17, 15) is 4.79 Å². The van der Waals surface area contributed by atoms with Crippen LogP contribution in [-0.2, 0) is 6.54 Å². The Morgan fingerprint density at radius 1 is 1.61 bits per heavy atom. The van der Waals surface area contributed by atoms with E-state index < -0.39 is 0 Å². The van der Waals surface area contributed by atoms with Gasteiger partial charge >= 0.3 is 0 Å². The van der Waals surface area contributed by atoms with Crippen LogP contribution in [0.2, 0.25) is 0 Å². The summed E-state index contributed by atoms with van der Waals surface area (Å²) in [5.74, 6) is 0.626. The van der Waals surface area contributed by atoms with Crippen molar-refractivity contribution in [2.75, 3.05) is 11.9 Å². The van der Waals surface area contributed by atoms with Crippen LogP contribution in [0.15, 0.2) is 15.5 Å². The third-order valence-electron chi connectivity index (χ3n) is 3.10. The number of hydrogen-bond acceptors (Lipinski definition) is 4. The Morgan fingerprint density at radius 2 is 2.28 bits per heavy atom. The third kappa shape index (κ3) is 3.11. The molecule has 1 saturated carbocycles. The molecule has 0 atom stereocenters. The van der Waals surface area contributed by atoms with Gasteiger partial charge in [-0.15, -0.1) is 0 Å². The van der Waals surface area contributed by atoms with E-state index in [0.717, 1.165) is 6.54 Å². The van der Waals surface area contributed by atoms with Crippen LogP contribution in [0.1, 0.15) is 26.7 Å². The van der Waals surface area contributed by atoms with Crippen LogP contribution < -0.4 is 16.6 Å². The lowest BCUT2D eigenvalue weighted by atomic mass is 10.1. The molecule has 5 nitrogen and oxygen atoms in total. The molecule has 1 aromatic heterocycles. The molecule has 1 heterocycles. The number of nitrogens with one attached hydrogen (secondary N) is 1. The number of halogens is 1. The van der Waals surface area contributed by atoms with Crippen molar-refractivity contribution in [1.29, 1.82) is 0 Å². The molecule has 0 aliphatic heterocycles. The van der Waals surface area contributed by atoms with Crippen molar-refractivity contribution in [3.63, 3.8) is 0 Å². The number of aromatic nitrogens is 2. The number of hydrogen-bond donors (Lipinski definition) is 2. The van der Waals surface area contributed by atoms with Gasteiger partial charge in [0.1, 0.15) is 4.47 Å². The molecule has 18 heavy (non-hydrogen) atoms. The van der Waals surface area contributed by atoms with Crippen molar-refractivity contribution < 1.29 is 0 Å². The highest BCUT2D eigenvalue weighted by Crippen LogP contribution is 2.30. The summed E-state index contributed by atoms with van der Waals surface area (Å²) >= 11 is 3.35. The van der Waals surface area contributed by atoms with Gasteiger partial charge in [-0.2, -0.15) is 5.10 Å². The fourth-order valence-electron chi connectivity index (χ4n) is 1.64. The van der Waals surface area contributed by atoms with Crippen LogP contribution in [0.3, 0.4) is 0 Å². The van der Waals surface area contributed by atoms with Crippen LogP contribution >= 0.6 is 15.9 Å². The Hall–Kier alpha value is -0.880. The number of nitrogens with zero attached hydrogens (tertiary/aromatic N) is 2. The molecule has 0 amide bonds. The summed E-state index contributed by atoms with van der Waals surface area (Å²) in [4.78, 5) is 12.1.